The lowest BCUT2D eigenvalue weighted by Crippen LogP contribution is -2.66. The molecular weight excluding hydrogens is 492 g/mol. The highest BCUT2D eigenvalue weighted by Gasteiger charge is 2.77. The molecule has 9 heteroatoms. The second-order valence-corrected chi connectivity index (χ2v) is 11.7. The fourth-order valence-corrected chi connectivity index (χ4v) is 7.35. The Kier molecular flexibility index (Phi) is 7.02. The first-order valence-corrected chi connectivity index (χ1v) is 13.1. The number of aliphatic hydroxyl groups excluding tert-OH is 1. The molecule has 2 bridgehead atoms. The van der Waals surface area contributed by atoms with Crippen molar-refractivity contribution in [3.63, 3.8) is 0 Å². The molecule has 2 fully saturated rings. The van der Waals surface area contributed by atoms with Crippen LogP contribution in [0.4, 0.5) is 0 Å². The van der Waals surface area contributed by atoms with Crippen molar-refractivity contribution in [2.75, 3.05) is 13.2 Å². The van der Waals surface area contributed by atoms with Crippen molar-refractivity contribution in [2.45, 2.75) is 72.7 Å². The smallest absolute Gasteiger partial charge is 0.334 e. The van der Waals surface area contributed by atoms with Crippen LogP contribution < -0.4 is 0 Å². The molecule has 0 radical (unpaired) electrons. The van der Waals surface area contributed by atoms with Gasteiger partial charge in [-0.05, 0) is 50.5 Å². The third kappa shape index (κ3) is 3.88. The minimum Gasteiger partial charge on any atom is -0.465 e. The minimum atomic E-state index is -2.22. The van der Waals surface area contributed by atoms with E-state index in [0.717, 1.165) is 0 Å². The molecule has 2 saturated carbocycles. The van der Waals surface area contributed by atoms with Gasteiger partial charge in [-0.1, -0.05) is 32.1 Å². The molecule has 0 aromatic carbocycles. The Bertz CT molecular complexity index is 1160. The van der Waals surface area contributed by atoms with Crippen LogP contribution in [0.25, 0.3) is 0 Å². The number of hydrogen-bond donors (Lipinski definition) is 2. The van der Waals surface area contributed by atoms with Crippen LogP contribution in [-0.2, 0) is 33.4 Å². The molecule has 4 aliphatic rings. The zero-order chi connectivity index (χ0) is 28.4. The molecule has 1 spiro atoms. The van der Waals surface area contributed by atoms with Crippen LogP contribution >= 0.6 is 0 Å². The molecule has 9 atom stereocenters. The van der Waals surface area contributed by atoms with Crippen molar-refractivity contribution < 1.29 is 43.6 Å². The van der Waals surface area contributed by atoms with Gasteiger partial charge in [-0.15, -0.1) is 0 Å². The summed E-state index contributed by atoms with van der Waals surface area (Å²) >= 11 is 0. The van der Waals surface area contributed by atoms with Crippen molar-refractivity contribution in [3.8, 4) is 0 Å². The van der Waals surface area contributed by atoms with Gasteiger partial charge in [-0.2, -0.15) is 0 Å². The maximum atomic E-state index is 14.6. The van der Waals surface area contributed by atoms with Gasteiger partial charge in [0, 0.05) is 36.3 Å². The maximum Gasteiger partial charge on any atom is 0.334 e. The van der Waals surface area contributed by atoms with E-state index in [9.17, 15) is 29.4 Å². The Balaban J connectivity index is 1.93. The molecular formula is C29H38O9. The number of rotatable bonds is 6. The number of carbonyl (C=O) groups excluding carboxylic acids is 4. The van der Waals surface area contributed by atoms with E-state index in [4.69, 9.17) is 14.2 Å². The van der Waals surface area contributed by atoms with Gasteiger partial charge in [0.1, 0.15) is 12.7 Å². The molecule has 0 heterocycles. The number of aliphatic hydroxyl groups is 2. The summed E-state index contributed by atoms with van der Waals surface area (Å²) in [6.45, 7) is 11.1. The molecule has 4 aliphatic carbocycles. The summed E-state index contributed by atoms with van der Waals surface area (Å²) in [7, 11) is 0. The fourth-order valence-electron chi connectivity index (χ4n) is 7.35. The van der Waals surface area contributed by atoms with E-state index < -0.39 is 58.4 Å². The van der Waals surface area contributed by atoms with Gasteiger partial charge in [0.25, 0.3) is 0 Å². The SMILES string of the molecule is CC=C(C)C(=O)OC1C(COC(C)=O)=CC2C(=O)C3(C=C(C)C(O)C13O)C(C)CC1C2C1(C)COC(C)=O. The minimum absolute atomic E-state index is 0.0106. The Morgan fingerprint density at radius 1 is 1.16 bits per heavy atom. The summed E-state index contributed by atoms with van der Waals surface area (Å²) in [5, 5.41) is 24.0. The lowest BCUT2D eigenvalue weighted by Gasteiger charge is -2.49. The number of carbonyl (C=O) groups is 4. The van der Waals surface area contributed by atoms with Crippen LogP contribution in [0.15, 0.2) is 34.9 Å². The highest BCUT2D eigenvalue weighted by atomic mass is 16.6. The summed E-state index contributed by atoms with van der Waals surface area (Å²) < 4.78 is 16.6. The summed E-state index contributed by atoms with van der Waals surface area (Å²) in [5.41, 5.74) is -3.33. The molecule has 9 nitrogen and oxygen atoms in total. The van der Waals surface area contributed by atoms with Crippen LogP contribution in [0.3, 0.4) is 0 Å². The van der Waals surface area contributed by atoms with Crippen LogP contribution in [0.1, 0.15) is 54.9 Å². The third-order valence-electron chi connectivity index (χ3n) is 9.52. The predicted molar refractivity (Wildman–Crippen MR) is 135 cm³/mol. The van der Waals surface area contributed by atoms with Gasteiger partial charge < -0.3 is 24.4 Å². The average Bonchev–Trinajstić information content (AvgIpc) is 3.40. The van der Waals surface area contributed by atoms with E-state index in [0.29, 0.717) is 12.0 Å². The number of esters is 3. The number of fused-ring (bicyclic) bond motifs is 3. The van der Waals surface area contributed by atoms with Gasteiger partial charge >= 0.3 is 17.9 Å². The van der Waals surface area contributed by atoms with E-state index in [1.165, 1.54) is 13.8 Å². The first-order valence-electron chi connectivity index (χ1n) is 13.1. The van der Waals surface area contributed by atoms with E-state index in [1.807, 2.05) is 13.8 Å². The van der Waals surface area contributed by atoms with Crippen molar-refractivity contribution in [3.05, 3.63) is 34.9 Å². The van der Waals surface area contributed by atoms with Crippen molar-refractivity contribution in [1.29, 1.82) is 0 Å². The Morgan fingerprint density at radius 3 is 2.37 bits per heavy atom. The topological polar surface area (TPSA) is 136 Å². The van der Waals surface area contributed by atoms with Gasteiger partial charge in [0.05, 0.1) is 12.0 Å². The second-order valence-electron chi connectivity index (χ2n) is 11.7. The number of ketones is 1. The third-order valence-corrected chi connectivity index (χ3v) is 9.52. The van der Waals surface area contributed by atoms with Crippen LogP contribution in [-0.4, -0.2) is 64.9 Å². The molecule has 38 heavy (non-hydrogen) atoms. The summed E-state index contributed by atoms with van der Waals surface area (Å²) in [5.74, 6) is -3.40. The van der Waals surface area contributed by atoms with Gasteiger partial charge in [-0.3, -0.25) is 14.4 Å². The molecule has 0 saturated heterocycles. The summed E-state index contributed by atoms with van der Waals surface area (Å²) in [6.07, 6.45) is 2.44. The van der Waals surface area contributed by atoms with E-state index in [2.05, 4.69) is 0 Å². The highest BCUT2D eigenvalue weighted by Crippen LogP contribution is 2.72. The van der Waals surface area contributed by atoms with Gasteiger partial charge in [0.2, 0.25) is 0 Å². The van der Waals surface area contributed by atoms with Crippen LogP contribution in [0, 0.1) is 34.5 Å². The monoisotopic (exact) mass is 530 g/mol. The molecule has 0 aromatic rings. The Hall–Kier alpha value is -2.78. The Labute approximate surface area is 222 Å². The zero-order valence-corrected chi connectivity index (χ0v) is 23.1. The van der Waals surface area contributed by atoms with E-state index in [-0.39, 0.29) is 42.0 Å². The lowest BCUT2D eigenvalue weighted by atomic mass is 9.59. The number of allylic oxidation sites excluding steroid dienone is 2. The fraction of sp³-hybridized carbons (Fsp3) is 0.655. The molecule has 0 amide bonds. The second kappa shape index (κ2) is 9.45. The standard InChI is InChI=1S/C29H38O9/c1-8-14(2)26(34)38-25-19(12-36-17(5)30)10-20-22-21(27(22,7)13-37-18(6)31)9-16(4)28(24(20)33)11-15(3)23(32)29(25,28)35/h8,10-11,16,20-23,25,32,35H,9,12-13H2,1-7H3. The van der Waals surface area contributed by atoms with Crippen LogP contribution in [0.2, 0.25) is 0 Å². The van der Waals surface area contributed by atoms with Crippen molar-refractivity contribution >= 4 is 23.7 Å². The molecule has 4 rings (SSSR count). The van der Waals surface area contributed by atoms with E-state index in [1.54, 1.807) is 39.0 Å². The highest BCUT2D eigenvalue weighted by molar-refractivity contribution is 5.96. The molecule has 2 N–H and O–H groups in total. The predicted octanol–water partition coefficient (Wildman–Crippen LogP) is 2.45. The van der Waals surface area contributed by atoms with Crippen molar-refractivity contribution in [1.82, 2.24) is 0 Å². The van der Waals surface area contributed by atoms with Crippen molar-refractivity contribution in [2.24, 2.45) is 34.5 Å². The molecule has 0 aromatic heterocycles. The number of Topliss-reactive ketones (excluding diaryl/α,β-unsaturated/α-hetero) is 1. The average molecular weight is 531 g/mol. The van der Waals surface area contributed by atoms with Crippen LogP contribution in [0.5, 0.6) is 0 Å². The zero-order valence-electron chi connectivity index (χ0n) is 23.1. The largest absolute Gasteiger partial charge is 0.465 e. The molecule has 9 unspecified atom stereocenters. The maximum absolute atomic E-state index is 14.6. The molecule has 0 aliphatic heterocycles. The molecule has 208 valence electrons. The van der Waals surface area contributed by atoms with E-state index >= 15 is 0 Å². The first-order chi connectivity index (χ1) is 17.7. The normalized spacial score (nSPS) is 41.5. The number of ether oxygens (including phenoxy) is 3. The van der Waals surface area contributed by atoms with Gasteiger partial charge in [0.15, 0.2) is 17.5 Å². The summed E-state index contributed by atoms with van der Waals surface area (Å²) in [6, 6.07) is 0. The Morgan fingerprint density at radius 2 is 1.79 bits per heavy atom. The first kappa shape index (κ1) is 28.2. The quantitative estimate of drug-likeness (QED) is 0.230. The lowest BCUT2D eigenvalue weighted by molar-refractivity contribution is -0.202. The van der Waals surface area contributed by atoms with Gasteiger partial charge in [-0.25, -0.2) is 4.79 Å². The number of hydrogen-bond acceptors (Lipinski definition) is 9. The summed E-state index contributed by atoms with van der Waals surface area (Å²) in [4.78, 5) is 51.0.